The van der Waals surface area contributed by atoms with E-state index in [1.54, 1.807) is 12.4 Å². The van der Waals surface area contributed by atoms with Crippen molar-refractivity contribution in [2.24, 2.45) is 12.5 Å². The molecule has 0 atom stereocenters. The molecule has 1 fully saturated rings. The molecule has 6 heteroatoms. The smallest absolute Gasteiger partial charge is 0.141 e. The van der Waals surface area contributed by atoms with Crippen molar-refractivity contribution in [1.29, 1.82) is 0 Å². The second-order valence-corrected chi connectivity index (χ2v) is 6.92. The van der Waals surface area contributed by atoms with E-state index in [1.165, 1.54) is 0 Å². The van der Waals surface area contributed by atoms with E-state index in [4.69, 9.17) is 4.74 Å². The van der Waals surface area contributed by atoms with E-state index in [-0.39, 0.29) is 5.41 Å². The minimum atomic E-state index is 0.226. The Morgan fingerprint density at radius 2 is 2.08 bits per heavy atom. The lowest BCUT2D eigenvalue weighted by Crippen LogP contribution is -2.38. The Balaban J connectivity index is 1.68. The normalized spacial score (nSPS) is 17.2. The number of nitrogens with one attached hydrogen (secondary N) is 2. The number of hydrogen-bond acceptors (Lipinski definition) is 4. The van der Waals surface area contributed by atoms with Crippen LogP contribution in [-0.2, 0) is 7.05 Å². The molecular formula is C18H23N5O. The Hall–Kier alpha value is -2.34. The van der Waals surface area contributed by atoms with Gasteiger partial charge in [-0.15, -0.1) is 0 Å². The van der Waals surface area contributed by atoms with Gasteiger partial charge in [0.25, 0.3) is 0 Å². The first-order chi connectivity index (χ1) is 11.7. The third-order valence-electron chi connectivity index (χ3n) is 5.02. The number of aryl methyl sites for hydroxylation is 1. The monoisotopic (exact) mass is 325 g/mol. The van der Waals surface area contributed by atoms with Crippen LogP contribution in [0, 0.1) is 5.41 Å². The molecule has 2 N–H and O–H groups in total. The molecule has 0 spiro atoms. The van der Waals surface area contributed by atoms with Gasteiger partial charge in [-0.2, -0.15) is 5.10 Å². The van der Waals surface area contributed by atoms with E-state index >= 15 is 0 Å². The second-order valence-electron chi connectivity index (χ2n) is 6.92. The summed E-state index contributed by atoms with van der Waals surface area (Å²) in [6.07, 6.45) is 7.87. The summed E-state index contributed by atoms with van der Waals surface area (Å²) >= 11 is 0. The molecule has 0 aliphatic carbocycles. The van der Waals surface area contributed by atoms with Crippen molar-refractivity contribution < 1.29 is 4.74 Å². The largest absolute Gasteiger partial charge is 0.492 e. The topological polar surface area (TPSA) is 67.8 Å². The lowest BCUT2D eigenvalue weighted by molar-refractivity contribution is 0.124. The summed E-state index contributed by atoms with van der Waals surface area (Å²) < 4.78 is 8.15. The minimum Gasteiger partial charge on any atom is -0.492 e. The molecule has 126 valence electrons. The average molecular weight is 325 g/mol. The third kappa shape index (κ3) is 2.67. The predicted octanol–water partition coefficient (Wildman–Crippen LogP) is 2.73. The summed E-state index contributed by atoms with van der Waals surface area (Å²) in [7, 11) is 1.95. The molecule has 3 aromatic rings. The molecule has 4 heterocycles. The maximum Gasteiger partial charge on any atom is 0.141 e. The van der Waals surface area contributed by atoms with E-state index in [0.717, 1.165) is 60.6 Å². The van der Waals surface area contributed by atoms with Gasteiger partial charge in [-0.25, -0.2) is 4.98 Å². The number of rotatable bonds is 4. The molecule has 0 saturated carbocycles. The standard InChI is InChI=1S/C18H23N5O/c1-18(5-9-19-10-6-18)12-24-15-4-7-20-17-16(15)13(11-21-17)14-3-8-22-23(14)2/h3-4,7-8,11,19H,5-6,9-10,12H2,1-2H3,(H,20,21). The van der Waals surface area contributed by atoms with E-state index in [9.17, 15) is 0 Å². The second kappa shape index (κ2) is 5.94. The van der Waals surface area contributed by atoms with Crippen molar-refractivity contribution in [2.75, 3.05) is 19.7 Å². The molecule has 0 radical (unpaired) electrons. The fourth-order valence-corrected chi connectivity index (χ4v) is 3.41. The summed E-state index contributed by atoms with van der Waals surface area (Å²) in [6.45, 7) is 5.17. The number of ether oxygens (including phenoxy) is 1. The lowest BCUT2D eigenvalue weighted by atomic mass is 9.82. The number of pyridine rings is 1. The van der Waals surface area contributed by atoms with Crippen LogP contribution in [0.2, 0.25) is 0 Å². The zero-order chi connectivity index (χ0) is 16.6. The highest BCUT2D eigenvalue weighted by atomic mass is 16.5. The van der Waals surface area contributed by atoms with Crippen LogP contribution in [0.4, 0.5) is 0 Å². The fraction of sp³-hybridized carbons (Fsp3) is 0.444. The van der Waals surface area contributed by atoms with Gasteiger partial charge >= 0.3 is 0 Å². The highest BCUT2D eigenvalue weighted by molar-refractivity contribution is 5.97. The van der Waals surface area contributed by atoms with Gasteiger partial charge in [-0.1, -0.05) is 6.92 Å². The van der Waals surface area contributed by atoms with Crippen molar-refractivity contribution in [3.05, 3.63) is 30.7 Å². The molecule has 0 aromatic carbocycles. The Kier molecular flexibility index (Phi) is 3.76. The van der Waals surface area contributed by atoms with Crippen LogP contribution in [0.15, 0.2) is 30.7 Å². The molecule has 0 unspecified atom stereocenters. The van der Waals surface area contributed by atoms with Crippen molar-refractivity contribution in [1.82, 2.24) is 25.1 Å². The van der Waals surface area contributed by atoms with Crippen LogP contribution >= 0.6 is 0 Å². The van der Waals surface area contributed by atoms with Gasteiger partial charge in [0.15, 0.2) is 0 Å². The summed E-state index contributed by atoms with van der Waals surface area (Å²) in [4.78, 5) is 7.69. The first-order valence-electron chi connectivity index (χ1n) is 8.44. The molecule has 0 bridgehead atoms. The molecule has 0 amide bonds. The lowest BCUT2D eigenvalue weighted by Gasteiger charge is -2.33. The Bertz CT molecular complexity index is 844. The molecule has 1 saturated heterocycles. The van der Waals surface area contributed by atoms with Crippen LogP contribution < -0.4 is 10.1 Å². The quantitative estimate of drug-likeness (QED) is 0.774. The number of aromatic amines is 1. The van der Waals surface area contributed by atoms with Gasteiger partial charge < -0.3 is 15.0 Å². The zero-order valence-electron chi connectivity index (χ0n) is 14.2. The first-order valence-corrected chi connectivity index (χ1v) is 8.44. The first kappa shape index (κ1) is 15.2. The molecule has 3 aromatic heterocycles. The van der Waals surface area contributed by atoms with Gasteiger partial charge in [0.05, 0.1) is 17.7 Å². The highest BCUT2D eigenvalue weighted by Crippen LogP contribution is 2.36. The molecular weight excluding hydrogens is 302 g/mol. The fourth-order valence-electron chi connectivity index (χ4n) is 3.41. The van der Waals surface area contributed by atoms with Gasteiger partial charge in [-0.3, -0.25) is 4.68 Å². The van der Waals surface area contributed by atoms with Gasteiger partial charge in [0, 0.05) is 36.6 Å². The van der Waals surface area contributed by atoms with Crippen LogP contribution in [-0.4, -0.2) is 39.4 Å². The van der Waals surface area contributed by atoms with Gasteiger partial charge in [0.2, 0.25) is 0 Å². The average Bonchev–Trinajstić information content (AvgIpc) is 3.19. The number of piperidine rings is 1. The highest BCUT2D eigenvalue weighted by Gasteiger charge is 2.28. The van der Waals surface area contributed by atoms with Crippen LogP contribution in [0.5, 0.6) is 5.75 Å². The minimum absolute atomic E-state index is 0.226. The van der Waals surface area contributed by atoms with Crippen LogP contribution in [0.1, 0.15) is 19.8 Å². The summed E-state index contributed by atoms with van der Waals surface area (Å²) in [5.41, 5.74) is 3.19. The summed E-state index contributed by atoms with van der Waals surface area (Å²) in [5.74, 6) is 0.886. The van der Waals surface area contributed by atoms with E-state index < -0.39 is 0 Å². The van der Waals surface area contributed by atoms with Gasteiger partial charge in [0.1, 0.15) is 11.4 Å². The van der Waals surface area contributed by atoms with Gasteiger partial charge in [-0.05, 0) is 38.1 Å². The van der Waals surface area contributed by atoms with E-state index in [0.29, 0.717) is 0 Å². The number of hydrogen-bond donors (Lipinski definition) is 2. The maximum atomic E-state index is 6.28. The molecule has 1 aliphatic rings. The van der Waals surface area contributed by atoms with E-state index in [1.807, 2.05) is 30.1 Å². The van der Waals surface area contributed by atoms with Crippen LogP contribution in [0.3, 0.4) is 0 Å². The Morgan fingerprint density at radius 1 is 1.25 bits per heavy atom. The number of aromatic nitrogens is 4. The predicted molar refractivity (Wildman–Crippen MR) is 94.0 cm³/mol. The summed E-state index contributed by atoms with van der Waals surface area (Å²) in [5, 5.41) is 8.72. The zero-order valence-corrected chi connectivity index (χ0v) is 14.2. The van der Waals surface area contributed by atoms with Crippen molar-refractivity contribution in [3.63, 3.8) is 0 Å². The Morgan fingerprint density at radius 3 is 2.83 bits per heavy atom. The molecule has 6 nitrogen and oxygen atoms in total. The number of H-pyrrole nitrogens is 1. The summed E-state index contributed by atoms with van der Waals surface area (Å²) in [6, 6.07) is 3.97. The Labute approximate surface area is 141 Å². The van der Waals surface area contributed by atoms with Crippen molar-refractivity contribution >= 4 is 11.0 Å². The molecule has 4 rings (SSSR count). The SMILES string of the molecule is Cn1nccc1-c1c[nH]c2nccc(OCC3(C)CCNCC3)c12. The third-order valence-corrected chi connectivity index (χ3v) is 5.02. The van der Waals surface area contributed by atoms with Crippen molar-refractivity contribution in [2.45, 2.75) is 19.8 Å². The number of nitrogens with zero attached hydrogens (tertiary/aromatic N) is 3. The maximum absolute atomic E-state index is 6.28. The van der Waals surface area contributed by atoms with Crippen LogP contribution in [0.25, 0.3) is 22.3 Å². The van der Waals surface area contributed by atoms with Crippen molar-refractivity contribution in [3.8, 4) is 17.0 Å². The molecule has 1 aliphatic heterocycles. The number of fused-ring (bicyclic) bond motifs is 1. The molecule has 24 heavy (non-hydrogen) atoms. The van der Waals surface area contributed by atoms with E-state index in [2.05, 4.69) is 27.3 Å².